The van der Waals surface area contributed by atoms with Gasteiger partial charge in [0, 0.05) is 15.7 Å². The average molecular weight is 251 g/mol. The highest BCUT2D eigenvalue weighted by Gasteiger charge is 2.07. The first-order valence-electron chi connectivity index (χ1n) is 4.46. The van der Waals surface area contributed by atoms with Crippen molar-refractivity contribution >= 4 is 15.9 Å². The summed E-state index contributed by atoms with van der Waals surface area (Å²) in [6, 6.07) is 8.27. The second-order valence-corrected chi connectivity index (χ2v) is 4.23. The predicted octanol–water partition coefficient (Wildman–Crippen LogP) is 3.46. The van der Waals surface area contributed by atoms with Crippen LogP contribution in [0.2, 0.25) is 0 Å². The number of aryl methyl sites for hydroxylation is 2. The molecule has 0 fully saturated rings. The Bertz CT molecular complexity index is 423. The van der Waals surface area contributed by atoms with Crippen LogP contribution in [0.15, 0.2) is 28.7 Å². The molecule has 0 aliphatic heterocycles. The molecule has 72 valence electrons. The number of H-pyrrole nitrogens is 1. The van der Waals surface area contributed by atoms with E-state index in [1.165, 1.54) is 11.1 Å². The SMILES string of the molecule is Cc1n[nH]c(C)c1-c1ccc(Br)cc1. The minimum atomic E-state index is 1.05. The van der Waals surface area contributed by atoms with Gasteiger partial charge in [-0.1, -0.05) is 28.1 Å². The third-order valence-corrected chi connectivity index (χ3v) is 2.79. The van der Waals surface area contributed by atoms with Gasteiger partial charge in [-0.05, 0) is 31.5 Å². The number of hydrogen-bond acceptors (Lipinski definition) is 1. The summed E-state index contributed by atoms with van der Waals surface area (Å²) in [7, 11) is 0. The molecule has 0 saturated heterocycles. The van der Waals surface area contributed by atoms with E-state index in [4.69, 9.17) is 0 Å². The average Bonchev–Trinajstić information content (AvgIpc) is 2.49. The van der Waals surface area contributed by atoms with Gasteiger partial charge < -0.3 is 0 Å². The number of halogens is 1. The summed E-state index contributed by atoms with van der Waals surface area (Å²) in [4.78, 5) is 0. The number of nitrogens with zero attached hydrogens (tertiary/aromatic N) is 1. The molecule has 0 amide bonds. The molecule has 0 atom stereocenters. The van der Waals surface area contributed by atoms with Crippen LogP contribution in [0.1, 0.15) is 11.4 Å². The Labute approximate surface area is 91.5 Å². The van der Waals surface area contributed by atoms with E-state index >= 15 is 0 Å². The molecular weight excluding hydrogens is 240 g/mol. The lowest BCUT2D eigenvalue weighted by atomic mass is 10.0. The van der Waals surface area contributed by atoms with Crippen molar-refractivity contribution in [2.24, 2.45) is 0 Å². The van der Waals surface area contributed by atoms with Gasteiger partial charge in [0.2, 0.25) is 0 Å². The predicted molar refractivity (Wildman–Crippen MR) is 61.2 cm³/mol. The van der Waals surface area contributed by atoms with Crippen LogP contribution in [-0.2, 0) is 0 Å². The van der Waals surface area contributed by atoms with Crippen molar-refractivity contribution in [1.82, 2.24) is 10.2 Å². The third-order valence-electron chi connectivity index (χ3n) is 2.26. The van der Waals surface area contributed by atoms with Crippen LogP contribution >= 0.6 is 15.9 Å². The van der Waals surface area contributed by atoms with Crippen molar-refractivity contribution in [3.05, 3.63) is 40.1 Å². The van der Waals surface area contributed by atoms with Gasteiger partial charge in [0.05, 0.1) is 5.69 Å². The minimum absolute atomic E-state index is 1.05. The van der Waals surface area contributed by atoms with Gasteiger partial charge in [-0.2, -0.15) is 5.10 Å². The van der Waals surface area contributed by atoms with Gasteiger partial charge in [0.1, 0.15) is 0 Å². The molecule has 0 aliphatic rings. The summed E-state index contributed by atoms with van der Waals surface area (Å²) in [5.41, 5.74) is 4.57. The summed E-state index contributed by atoms with van der Waals surface area (Å²) < 4.78 is 1.10. The molecule has 14 heavy (non-hydrogen) atoms. The number of aromatic nitrogens is 2. The normalized spacial score (nSPS) is 10.5. The topological polar surface area (TPSA) is 28.7 Å². The van der Waals surface area contributed by atoms with Crippen LogP contribution in [0.5, 0.6) is 0 Å². The van der Waals surface area contributed by atoms with Gasteiger partial charge in [0.15, 0.2) is 0 Å². The fourth-order valence-corrected chi connectivity index (χ4v) is 1.86. The fourth-order valence-electron chi connectivity index (χ4n) is 1.59. The first-order chi connectivity index (χ1) is 6.68. The minimum Gasteiger partial charge on any atom is -0.282 e. The molecule has 3 heteroatoms. The highest BCUT2D eigenvalue weighted by molar-refractivity contribution is 9.10. The molecule has 1 aromatic heterocycles. The fraction of sp³-hybridized carbons (Fsp3) is 0.182. The molecule has 1 aromatic carbocycles. The monoisotopic (exact) mass is 250 g/mol. The van der Waals surface area contributed by atoms with Gasteiger partial charge in [-0.3, -0.25) is 5.10 Å². The van der Waals surface area contributed by atoms with Gasteiger partial charge >= 0.3 is 0 Å². The smallest absolute Gasteiger partial charge is 0.0672 e. The molecule has 2 aromatic rings. The second-order valence-electron chi connectivity index (χ2n) is 3.32. The van der Waals surface area contributed by atoms with E-state index in [0.29, 0.717) is 0 Å². The zero-order chi connectivity index (χ0) is 10.1. The van der Waals surface area contributed by atoms with E-state index in [1.807, 2.05) is 26.0 Å². The molecule has 0 unspecified atom stereocenters. The number of rotatable bonds is 1. The second kappa shape index (κ2) is 3.58. The zero-order valence-electron chi connectivity index (χ0n) is 8.13. The number of hydrogen-bond donors (Lipinski definition) is 1. The Kier molecular flexibility index (Phi) is 2.42. The van der Waals surface area contributed by atoms with Crippen molar-refractivity contribution in [1.29, 1.82) is 0 Å². The van der Waals surface area contributed by atoms with Gasteiger partial charge in [0.25, 0.3) is 0 Å². The van der Waals surface area contributed by atoms with Crippen molar-refractivity contribution in [2.75, 3.05) is 0 Å². The maximum absolute atomic E-state index is 4.18. The van der Waals surface area contributed by atoms with Crippen LogP contribution in [-0.4, -0.2) is 10.2 Å². The highest BCUT2D eigenvalue weighted by atomic mass is 79.9. The quantitative estimate of drug-likeness (QED) is 0.826. The van der Waals surface area contributed by atoms with Crippen molar-refractivity contribution in [3.63, 3.8) is 0 Å². The number of nitrogens with one attached hydrogen (secondary N) is 1. The summed E-state index contributed by atoms with van der Waals surface area (Å²) in [5.74, 6) is 0. The van der Waals surface area contributed by atoms with Crippen molar-refractivity contribution in [3.8, 4) is 11.1 Å². The van der Waals surface area contributed by atoms with Crippen LogP contribution in [0, 0.1) is 13.8 Å². The summed E-state index contributed by atoms with van der Waals surface area (Å²) in [6.07, 6.45) is 0. The maximum atomic E-state index is 4.18. The number of benzene rings is 1. The van der Waals surface area contributed by atoms with Crippen molar-refractivity contribution < 1.29 is 0 Å². The Hall–Kier alpha value is -1.09. The van der Waals surface area contributed by atoms with Gasteiger partial charge in [-0.25, -0.2) is 0 Å². The summed E-state index contributed by atoms with van der Waals surface area (Å²) in [5, 5.41) is 7.17. The van der Waals surface area contributed by atoms with E-state index in [1.54, 1.807) is 0 Å². The summed E-state index contributed by atoms with van der Waals surface area (Å²) >= 11 is 3.42. The Morgan fingerprint density at radius 2 is 1.79 bits per heavy atom. The van der Waals surface area contributed by atoms with Crippen LogP contribution in [0.25, 0.3) is 11.1 Å². The maximum Gasteiger partial charge on any atom is 0.0672 e. The van der Waals surface area contributed by atoms with Crippen molar-refractivity contribution in [2.45, 2.75) is 13.8 Å². The molecule has 0 saturated carbocycles. The van der Waals surface area contributed by atoms with Crippen LogP contribution in [0.4, 0.5) is 0 Å². The lowest BCUT2D eigenvalue weighted by Crippen LogP contribution is -1.81. The Morgan fingerprint density at radius 1 is 1.14 bits per heavy atom. The first kappa shape index (κ1) is 9.46. The zero-order valence-corrected chi connectivity index (χ0v) is 9.72. The Balaban J connectivity index is 2.54. The molecule has 2 rings (SSSR count). The molecule has 0 spiro atoms. The number of aromatic amines is 1. The van der Waals surface area contributed by atoms with Crippen LogP contribution < -0.4 is 0 Å². The molecule has 0 radical (unpaired) electrons. The molecule has 0 aliphatic carbocycles. The molecule has 1 heterocycles. The van der Waals surface area contributed by atoms with Crippen LogP contribution in [0.3, 0.4) is 0 Å². The highest BCUT2D eigenvalue weighted by Crippen LogP contribution is 2.26. The lowest BCUT2D eigenvalue weighted by Gasteiger charge is -2.01. The van der Waals surface area contributed by atoms with E-state index < -0.39 is 0 Å². The molecular formula is C11H11BrN2. The first-order valence-corrected chi connectivity index (χ1v) is 5.25. The molecule has 0 bridgehead atoms. The van der Waals surface area contributed by atoms with E-state index in [-0.39, 0.29) is 0 Å². The van der Waals surface area contributed by atoms with E-state index in [0.717, 1.165) is 15.9 Å². The van der Waals surface area contributed by atoms with E-state index in [9.17, 15) is 0 Å². The molecule has 2 nitrogen and oxygen atoms in total. The standard InChI is InChI=1S/C11H11BrN2/c1-7-11(8(2)14-13-7)9-3-5-10(12)6-4-9/h3-6H,1-2H3,(H,13,14). The third kappa shape index (κ3) is 1.60. The molecule has 1 N–H and O–H groups in total. The van der Waals surface area contributed by atoms with Gasteiger partial charge in [-0.15, -0.1) is 0 Å². The summed E-state index contributed by atoms with van der Waals surface area (Å²) in [6.45, 7) is 4.05. The Morgan fingerprint density at radius 3 is 2.29 bits per heavy atom. The lowest BCUT2D eigenvalue weighted by molar-refractivity contribution is 1.02. The largest absolute Gasteiger partial charge is 0.282 e. The van der Waals surface area contributed by atoms with E-state index in [2.05, 4.69) is 38.3 Å².